The second-order valence-corrected chi connectivity index (χ2v) is 15.6. The standard InChI is InChI=1S/C40H40ClN7O4S/c1-6-47(27-12-16-46(17-13-27)28-21-51-22-28)37-31(19-42)34-33(20-44-37)45-24(2)48(38(34)49)15-7-8-25-9-10-26(41)18-30(25)29-11-14-43-35-32(23-53-36(29)35)39(50)52-40(3,4)5/h9-11,14,18,20,23,27-28H,6,12-13,15-17,21-22H2,1-5H3. The van der Waals surface area contributed by atoms with Crippen LogP contribution in [-0.2, 0) is 16.0 Å². The zero-order valence-corrected chi connectivity index (χ0v) is 32.0. The highest BCUT2D eigenvalue weighted by molar-refractivity contribution is 7.18. The van der Waals surface area contributed by atoms with Gasteiger partial charge in [-0.15, -0.1) is 11.3 Å². The summed E-state index contributed by atoms with van der Waals surface area (Å²) < 4.78 is 13.3. The molecule has 4 aromatic heterocycles. The molecular formula is C40H40ClN7O4S. The fraction of sp³-hybridized carbons (Fsp3) is 0.400. The van der Waals surface area contributed by atoms with Crippen LogP contribution < -0.4 is 10.5 Å². The van der Waals surface area contributed by atoms with Crippen LogP contribution in [0.4, 0.5) is 5.82 Å². The SMILES string of the molecule is CCN(c1ncc2nc(C)n(CC#Cc3ccc(Cl)cc3-c3ccnc4c(C(=O)OC(C)(C)C)csc34)c(=O)c2c1C#N)C1CCN(C2COC2)CC1. The van der Waals surface area contributed by atoms with E-state index in [9.17, 15) is 14.9 Å². The second-order valence-electron chi connectivity index (χ2n) is 14.3. The minimum Gasteiger partial charge on any atom is -0.456 e. The van der Waals surface area contributed by atoms with Crippen molar-refractivity contribution in [3.05, 3.63) is 79.9 Å². The number of carbonyl (C=O) groups is 1. The zero-order chi connectivity index (χ0) is 37.4. The highest BCUT2D eigenvalue weighted by atomic mass is 35.5. The van der Waals surface area contributed by atoms with Crippen LogP contribution in [0.2, 0.25) is 5.02 Å². The first-order valence-corrected chi connectivity index (χ1v) is 19.0. The molecule has 0 atom stereocenters. The second kappa shape index (κ2) is 14.9. The minimum atomic E-state index is -0.645. The number of thiophene rings is 1. The van der Waals surface area contributed by atoms with Gasteiger partial charge >= 0.3 is 5.97 Å². The van der Waals surface area contributed by atoms with Crippen molar-refractivity contribution in [2.45, 2.75) is 71.7 Å². The Bertz CT molecular complexity index is 2390. The Morgan fingerprint density at radius 2 is 1.94 bits per heavy atom. The van der Waals surface area contributed by atoms with E-state index in [1.165, 1.54) is 15.9 Å². The Morgan fingerprint density at radius 3 is 2.62 bits per heavy atom. The fourth-order valence-corrected chi connectivity index (χ4v) is 8.28. The Hall–Kier alpha value is -4.85. The van der Waals surface area contributed by atoms with Crippen LogP contribution in [-0.4, -0.2) is 80.9 Å². The number of nitrogens with zero attached hydrogens (tertiary/aromatic N) is 7. The molecule has 11 nitrogen and oxygen atoms in total. The Kier molecular flexibility index (Phi) is 10.2. The predicted molar refractivity (Wildman–Crippen MR) is 208 cm³/mol. The van der Waals surface area contributed by atoms with Gasteiger partial charge in [0.2, 0.25) is 0 Å². The molecule has 6 heterocycles. The van der Waals surface area contributed by atoms with E-state index >= 15 is 0 Å². The molecule has 2 aliphatic rings. The molecule has 0 bridgehead atoms. The van der Waals surface area contributed by atoms with Crippen LogP contribution in [0.3, 0.4) is 0 Å². The van der Waals surface area contributed by atoms with Gasteiger partial charge < -0.3 is 14.4 Å². The maximum Gasteiger partial charge on any atom is 0.341 e. The molecule has 0 N–H and O–H groups in total. The number of halogens is 1. The average molecular weight is 750 g/mol. The number of rotatable bonds is 7. The van der Waals surface area contributed by atoms with Crippen LogP contribution in [0, 0.1) is 30.1 Å². The van der Waals surface area contributed by atoms with Gasteiger partial charge in [0.25, 0.3) is 5.56 Å². The molecule has 2 saturated heterocycles. The van der Waals surface area contributed by atoms with Crippen LogP contribution in [0.25, 0.3) is 32.2 Å². The molecule has 2 fully saturated rings. The minimum absolute atomic E-state index is 0.0482. The first-order chi connectivity index (χ1) is 25.5. The van der Waals surface area contributed by atoms with Gasteiger partial charge in [-0.1, -0.05) is 23.4 Å². The topological polar surface area (TPSA) is 126 Å². The lowest BCUT2D eigenvalue weighted by molar-refractivity contribution is -0.0711. The van der Waals surface area contributed by atoms with Crippen LogP contribution in [0.15, 0.2) is 46.8 Å². The van der Waals surface area contributed by atoms with Crippen molar-refractivity contribution in [1.29, 1.82) is 5.26 Å². The molecule has 13 heteroatoms. The van der Waals surface area contributed by atoms with E-state index in [1.54, 1.807) is 30.8 Å². The number of nitriles is 1. The van der Waals surface area contributed by atoms with Crippen LogP contribution in [0.1, 0.15) is 67.8 Å². The van der Waals surface area contributed by atoms with Crippen molar-refractivity contribution < 1.29 is 14.3 Å². The molecular weight excluding hydrogens is 710 g/mol. The number of likely N-dealkylation sites (tertiary alicyclic amines) is 1. The first kappa shape index (κ1) is 36.5. The van der Waals surface area contributed by atoms with E-state index in [1.807, 2.05) is 39.0 Å². The molecule has 0 amide bonds. The van der Waals surface area contributed by atoms with Gasteiger partial charge in [-0.3, -0.25) is 19.2 Å². The normalized spacial score (nSPS) is 15.5. The molecule has 272 valence electrons. The molecule has 0 spiro atoms. The maximum atomic E-state index is 14.2. The quantitative estimate of drug-likeness (QED) is 0.133. The fourth-order valence-electron chi connectivity index (χ4n) is 7.08. The molecule has 53 heavy (non-hydrogen) atoms. The van der Waals surface area contributed by atoms with Crippen molar-refractivity contribution in [2.24, 2.45) is 0 Å². The lowest BCUT2D eigenvalue weighted by atomic mass is 10.00. The first-order valence-electron chi connectivity index (χ1n) is 17.7. The van der Waals surface area contributed by atoms with Crippen molar-refractivity contribution in [2.75, 3.05) is 37.7 Å². The third kappa shape index (κ3) is 7.25. The van der Waals surface area contributed by atoms with E-state index in [-0.39, 0.29) is 29.1 Å². The van der Waals surface area contributed by atoms with Crippen molar-refractivity contribution in [3.63, 3.8) is 0 Å². The van der Waals surface area contributed by atoms with Gasteiger partial charge in [0.1, 0.15) is 28.9 Å². The number of piperidine rings is 1. The van der Waals surface area contributed by atoms with Gasteiger partial charge in [-0.05, 0) is 71.7 Å². The van der Waals surface area contributed by atoms with Crippen molar-refractivity contribution in [3.8, 4) is 29.0 Å². The van der Waals surface area contributed by atoms with E-state index in [2.05, 4.69) is 44.6 Å². The molecule has 5 aromatic rings. The van der Waals surface area contributed by atoms with Crippen LogP contribution >= 0.6 is 22.9 Å². The van der Waals surface area contributed by atoms with E-state index in [4.69, 9.17) is 26.1 Å². The number of ether oxygens (including phenoxy) is 2. The number of hydrogen-bond acceptors (Lipinski definition) is 11. The number of carbonyl (C=O) groups excluding carboxylic acids is 1. The average Bonchev–Trinajstić information content (AvgIpc) is 3.55. The number of benzene rings is 1. The van der Waals surface area contributed by atoms with E-state index in [0.717, 1.165) is 55.0 Å². The number of aromatic nitrogens is 4. The summed E-state index contributed by atoms with van der Waals surface area (Å²) in [5.41, 5.74) is 2.87. The summed E-state index contributed by atoms with van der Waals surface area (Å²) in [6.07, 6.45) is 5.14. The molecule has 7 rings (SSSR count). The Morgan fingerprint density at radius 1 is 1.17 bits per heavy atom. The number of esters is 1. The summed E-state index contributed by atoms with van der Waals surface area (Å²) in [6.45, 7) is 13.5. The maximum absolute atomic E-state index is 14.2. The third-order valence-corrected chi connectivity index (χ3v) is 11.0. The smallest absolute Gasteiger partial charge is 0.341 e. The largest absolute Gasteiger partial charge is 0.456 e. The summed E-state index contributed by atoms with van der Waals surface area (Å²) in [6, 6.07) is 10.3. The number of anilines is 1. The number of pyridine rings is 2. The summed E-state index contributed by atoms with van der Waals surface area (Å²) in [5.74, 6) is 6.97. The molecule has 0 saturated carbocycles. The zero-order valence-electron chi connectivity index (χ0n) is 30.4. The predicted octanol–water partition coefficient (Wildman–Crippen LogP) is 6.60. The highest BCUT2D eigenvalue weighted by Crippen LogP contribution is 2.37. The third-order valence-electron chi connectivity index (χ3n) is 9.78. The highest BCUT2D eigenvalue weighted by Gasteiger charge is 2.33. The number of hydrogen-bond donors (Lipinski definition) is 0. The van der Waals surface area contributed by atoms with Gasteiger partial charge in [-0.2, -0.15) is 5.26 Å². The van der Waals surface area contributed by atoms with Gasteiger partial charge in [0, 0.05) is 59.0 Å². The molecule has 1 aromatic carbocycles. The Balaban J connectivity index is 1.20. The van der Waals surface area contributed by atoms with Crippen molar-refractivity contribution in [1.82, 2.24) is 24.4 Å². The monoisotopic (exact) mass is 749 g/mol. The summed E-state index contributed by atoms with van der Waals surface area (Å²) >= 11 is 7.90. The Labute approximate surface area is 317 Å². The molecule has 0 radical (unpaired) electrons. The summed E-state index contributed by atoms with van der Waals surface area (Å²) in [7, 11) is 0. The number of aryl methyl sites for hydroxylation is 1. The number of fused-ring (bicyclic) bond motifs is 2. The van der Waals surface area contributed by atoms with Gasteiger partial charge in [0.05, 0.1) is 58.7 Å². The summed E-state index contributed by atoms with van der Waals surface area (Å²) in [5, 5.41) is 13.0. The molecule has 0 aliphatic carbocycles. The van der Waals surface area contributed by atoms with E-state index < -0.39 is 11.6 Å². The molecule has 0 unspecified atom stereocenters. The lowest BCUT2D eigenvalue weighted by Crippen LogP contribution is -2.54. The van der Waals surface area contributed by atoms with Gasteiger partial charge in [0.15, 0.2) is 0 Å². The van der Waals surface area contributed by atoms with Crippen LogP contribution in [0.5, 0.6) is 0 Å². The molecule has 2 aliphatic heterocycles. The lowest BCUT2D eigenvalue weighted by Gasteiger charge is -2.44. The summed E-state index contributed by atoms with van der Waals surface area (Å²) in [4.78, 5) is 45.7. The van der Waals surface area contributed by atoms with Gasteiger partial charge in [-0.25, -0.2) is 14.8 Å². The van der Waals surface area contributed by atoms with E-state index in [0.29, 0.717) is 51.4 Å². The van der Waals surface area contributed by atoms with Crippen molar-refractivity contribution >= 4 is 55.8 Å².